The Hall–Kier alpha value is -2.61. The van der Waals surface area contributed by atoms with E-state index in [4.69, 9.17) is 5.26 Å². The van der Waals surface area contributed by atoms with Crippen molar-refractivity contribution in [3.05, 3.63) is 47.2 Å². The first-order valence-electron chi connectivity index (χ1n) is 5.42. The van der Waals surface area contributed by atoms with Gasteiger partial charge in [-0.15, -0.1) is 0 Å². The van der Waals surface area contributed by atoms with Crippen molar-refractivity contribution in [1.29, 1.82) is 5.26 Å². The molecule has 0 atom stereocenters. The molecule has 1 aromatic carbocycles. The summed E-state index contributed by atoms with van der Waals surface area (Å²) in [4.78, 5) is 12.0. The minimum atomic E-state index is -0.270. The lowest BCUT2D eigenvalue weighted by Crippen LogP contribution is -2.13. The van der Waals surface area contributed by atoms with Crippen LogP contribution in [0.2, 0.25) is 0 Å². The number of amides is 1. The normalized spacial score (nSPS) is 9.83. The Balaban J connectivity index is 2.24. The Bertz CT molecular complexity index is 637. The Labute approximate surface area is 105 Å². The summed E-state index contributed by atoms with van der Waals surface area (Å²) in [6.07, 6.45) is 1.56. The lowest BCUT2D eigenvalue weighted by atomic mass is 10.1. The molecule has 1 aromatic heterocycles. The lowest BCUT2D eigenvalue weighted by molar-refractivity contribution is 0.102. The summed E-state index contributed by atoms with van der Waals surface area (Å²) in [6.45, 7) is 1.91. The Morgan fingerprint density at radius 2 is 2.28 bits per heavy atom. The van der Waals surface area contributed by atoms with Crippen molar-refractivity contribution in [2.75, 3.05) is 5.32 Å². The highest BCUT2D eigenvalue weighted by Gasteiger charge is 2.12. The van der Waals surface area contributed by atoms with Crippen LogP contribution in [-0.2, 0) is 7.05 Å². The smallest absolute Gasteiger partial charge is 0.256 e. The molecule has 90 valence electrons. The molecule has 0 aliphatic rings. The molecule has 0 aliphatic heterocycles. The fourth-order valence-electron chi connectivity index (χ4n) is 1.63. The van der Waals surface area contributed by atoms with Crippen LogP contribution in [0.4, 0.5) is 5.82 Å². The van der Waals surface area contributed by atoms with E-state index in [1.165, 1.54) is 4.68 Å². The highest BCUT2D eigenvalue weighted by molar-refractivity contribution is 6.04. The predicted molar refractivity (Wildman–Crippen MR) is 67.1 cm³/mol. The molecule has 1 heterocycles. The third-order valence-electron chi connectivity index (χ3n) is 2.46. The molecule has 0 aliphatic carbocycles. The van der Waals surface area contributed by atoms with Crippen LogP contribution in [-0.4, -0.2) is 15.7 Å². The van der Waals surface area contributed by atoms with Gasteiger partial charge in [-0.1, -0.05) is 17.7 Å². The minimum Gasteiger partial charge on any atom is -0.304 e. The fraction of sp³-hybridized carbons (Fsp3) is 0.154. The van der Waals surface area contributed by atoms with E-state index >= 15 is 0 Å². The largest absolute Gasteiger partial charge is 0.304 e. The van der Waals surface area contributed by atoms with Crippen LogP contribution in [0.3, 0.4) is 0 Å². The van der Waals surface area contributed by atoms with Gasteiger partial charge >= 0.3 is 0 Å². The summed E-state index contributed by atoms with van der Waals surface area (Å²) < 4.78 is 1.49. The molecule has 0 bridgehead atoms. The van der Waals surface area contributed by atoms with Gasteiger partial charge in [-0.3, -0.25) is 9.48 Å². The van der Waals surface area contributed by atoms with Crippen molar-refractivity contribution in [2.45, 2.75) is 6.92 Å². The SMILES string of the molecule is Cc1cccc(C(=O)Nc2nn(C)cc2C#N)c1. The number of benzene rings is 1. The number of hydrogen-bond donors (Lipinski definition) is 1. The minimum absolute atomic E-state index is 0.270. The van der Waals surface area contributed by atoms with E-state index in [2.05, 4.69) is 10.4 Å². The number of aromatic nitrogens is 2. The molecule has 0 saturated carbocycles. The van der Waals surface area contributed by atoms with Gasteiger partial charge in [-0.05, 0) is 19.1 Å². The first kappa shape index (κ1) is 11.9. The van der Waals surface area contributed by atoms with Crippen molar-refractivity contribution < 1.29 is 4.79 Å². The number of anilines is 1. The predicted octanol–water partition coefficient (Wildman–Crippen LogP) is 1.85. The van der Waals surface area contributed by atoms with Gasteiger partial charge in [0, 0.05) is 18.8 Å². The molecule has 2 aromatic rings. The highest BCUT2D eigenvalue weighted by atomic mass is 16.1. The molecule has 0 spiro atoms. The monoisotopic (exact) mass is 240 g/mol. The van der Waals surface area contributed by atoms with E-state index in [1.807, 2.05) is 25.1 Å². The second-order valence-corrected chi connectivity index (χ2v) is 4.00. The van der Waals surface area contributed by atoms with Crippen LogP contribution in [0.25, 0.3) is 0 Å². The van der Waals surface area contributed by atoms with Crippen LogP contribution in [0.15, 0.2) is 30.5 Å². The molecule has 1 N–H and O–H groups in total. The van der Waals surface area contributed by atoms with Gasteiger partial charge in [-0.25, -0.2) is 0 Å². The number of aryl methyl sites for hydroxylation is 2. The van der Waals surface area contributed by atoms with Crippen LogP contribution in [0.5, 0.6) is 0 Å². The van der Waals surface area contributed by atoms with Crippen molar-refractivity contribution in [1.82, 2.24) is 9.78 Å². The van der Waals surface area contributed by atoms with Gasteiger partial charge < -0.3 is 5.32 Å². The molecule has 5 nitrogen and oxygen atoms in total. The van der Waals surface area contributed by atoms with Crippen molar-refractivity contribution >= 4 is 11.7 Å². The van der Waals surface area contributed by atoms with E-state index in [1.54, 1.807) is 25.4 Å². The topological polar surface area (TPSA) is 70.7 Å². The number of nitriles is 1. The standard InChI is InChI=1S/C13H12N4O/c1-9-4-3-5-10(6-9)13(18)15-12-11(7-14)8-17(2)16-12/h3-6,8H,1-2H3,(H,15,16,18). The summed E-state index contributed by atoms with van der Waals surface area (Å²) in [6, 6.07) is 9.22. The molecule has 0 saturated heterocycles. The van der Waals surface area contributed by atoms with Crippen LogP contribution in [0.1, 0.15) is 21.5 Å². The lowest BCUT2D eigenvalue weighted by Gasteiger charge is -2.03. The maximum absolute atomic E-state index is 12.0. The molecule has 18 heavy (non-hydrogen) atoms. The van der Waals surface area contributed by atoms with E-state index in [0.29, 0.717) is 11.1 Å². The van der Waals surface area contributed by atoms with Crippen molar-refractivity contribution in [3.8, 4) is 6.07 Å². The Morgan fingerprint density at radius 1 is 1.50 bits per heavy atom. The van der Waals surface area contributed by atoms with E-state index in [-0.39, 0.29) is 11.7 Å². The van der Waals surface area contributed by atoms with E-state index in [9.17, 15) is 4.79 Å². The molecular formula is C13H12N4O. The first-order chi connectivity index (χ1) is 8.60. The third-order valence-corrected chi connectivity index (χ3v) is 2.46. The molecule has 0 unspecified atom stereocenters. The highest BCUT2D eigenvalue weighted by Crippen LogP contribution is 2.13. The van der Waals surface area contributed by atoms with Crippen LogP contribution < -0.4 is 5.32 Å². The van der Waals surface area contributed by atoms with Gasteiger partial charge in [0.25, 0.3) is 5.91 Å². The summed E-state index contributed by atoms with van der Waals surface area (Å²) >= 11 is 0. The van der Waals surface area contributed by atoms with E-state index in [0.717, 1.165) is 5.56 Å². The second kappa shape index (κ2) is 4.72. The number of carbonyl (C=O) groups is 1. The zero-order valence-corrected chi connectivity index (χ0v) is 10.1. The Kier molecular flexibility index (Phi) is 3.11. The van der Waals surface area contributed by atoms with Gasteiger partial charge in [0.05, 0.1) is 0 Å². The molecule has 0 fully saturated rings. The van der Waals surface area contributed by atoms with Gasteiger partial charge in [-0.2, -0.15) is 10.4 Å². The van der Waals surface area contributed by atoms with Gasteiger partial charge in [0.15, 0.2) is 5.82 Å². The van der Waals surface area contributed by atoms with Gasteiger partial charge in [0.2, 0.25) is 0 Å². The number of nitrogens with one attached hydrogen (secondary N) is 1. The number of rotatable bonds is 2. The zero-order chi connectivity index (χ0) is 13.1. The van der Waals surface area contributed by atoms with Crippen molar-refractivity contribution in [2.24, 2.45) is 7.05 Å². The molecule has 1 amide bonds. The summed E-state index contributed by atoms with van der Waals surface area (Å²) in [5.41, 5.74) is 1.90. The molecule has 0 radical (unpaired) electrons. The van der Waals surface area contributed by atoms with E-state index < -0.39 is 0 Å². The summed E-state index contributed by atoms with van der Waals surface area (Å²) in [7, 11) is 1.70. The maximum Gasteiger partial charge on any atom is 0.256 e. The first-order valence-corrected chi connectivity index (χ1v) is 5.42. The van der Waals surface area contributed by atoms with Gasteiger partial charge in [0.1, 0.15) is 11.6 Å². The number of nitrogens with zero attached hydrogens (tertiary/aromatic N) is 3. The molecule has 2 rings (SSSR count). The summed E-state index contributed by atoms with van der Waals surface area (Å²) in [5.74, 6) is 0.0143. The molecular weight excluding hydrogens is 228 g/mol. The maximum atomic E-state index is 12.0. The second-order valence-electron chi connectivity index (χ2n) is 4.00. The van der Waals surface area contributed by atoms with Crippen molar-refractivity contribution in [3.63, 3.8) is 0 Å². The zero-order valence-electron chi connectivity index (χ0n) is 10.1. The number of hydrogen-bond acceptors (Lipinski definition) is 3. The Morgan fingerprint density at radius 3 is 2.94 bits per heavy atom. The number of carbonyl (C=O) groups excluding carboxylic acids is 1. The van der Waals surface area contributed by atoms with Crippen LogP contribution >= 0.6 is 0 Å². The third kappa shape index (κ3) is 2.38. The molecule has 5 heteroatoms. The fourth-order valence-corrected chi connectivity index (χ4v) is 1.63. The summed E-state index contributed by atoms with van der Waals surface area (Å²) in [5, 5.41) is 15.6. The average molecular weight is 240 g/mol. The quantitative estimate of drug-likeness (QED) is 0.870. The average Bonchev–Trinajstić information content (AvgIpc) is 2.69. The van der Waals surface area contributed by atoms with Crippen LogP contribution in [0, 0.1) is 18.3 Å².